The molecule has 0 amide bonds. The van der Waals surface area contributed by atoms with Gasteiger partial charge in [0.1, 0.15) is 0 Å². The van der Waals surface area contributed by atoms with E-state index >= 15 is 0 Å². The summed E-state index contributed by atoms with van der Waals surface area (Å²) >= 11 is -1.36. The van der Waals surface area contributed by atoms with Gasteiger partial charge in [-0.25, -0.2) is 0 Å². The van der Waals surface area contributed by atoms with Crippen molar-refractivity contribution in [2.45, 2.75) is 12.8 Å². The molecule has 0 fully saturated rings. The zero-order chi connectivity index (χ0) is 14.9. The second-order valence-electron chi connectivity index (χ2n) is 4.56. The van der Waals surface area contributed by atoms with E-state index in [1.807, 2.05) is 36.4 Å². The summed E-state index contributed by atoms with van der Waals surface area (Å²) in [6, 6.07) is 16.2. The van der Waals surface area contributed by atoms with Crippen molar-refractivity contribution >= 4 is 0 Å². The van der Waals surface area contributed by atoms with E-state index in [-0.39, 0.29) is 24.8 Å². The third kappa shape index (κ3) is 7.88. The predicted octanol–water partition coefficient (Wildman–Crippen LogP) is -1.48. The summed E-state index contributed by atoms with van der Waals surface area (Å²) in [4.78, 5) is 0. The molecule has 0 aromatic heterocycles. The Hall–Kier alpha value is -1.02. The van der Waals surface area contributed by atoms with Gasteiger partial charge < -0.3 is 24.8 Å². The summed E-state index contributed by atoms with van der Waals surface area (Å²) in [5.41, 5.74) is 2.47. The molecule has 23 heavy (non-hydrogen) atoms. The minimum Gasteiger partial charge on any atom is -1.00 e. The van der Waals surface area contributed by atoms with Gasteiger partial charge in [-0.05, 0) is 0 Å². The van der Waals surface area contributed by atoms with Gasteiger partial charge in [0, 0.05) is 0 Å². The summed E-state index contributed by atoms with van der Waals surface area (Å²) in [7, 11) is 0. The molecule has 0 bridgehead atoms. The van der Waals surface area contributed by atoms with Crippen LogP contribution in [-0.4, -0.2) is 0 Å². The van der Waals surface area contributed by atoms with Gasteiger partial charge in [-0.15, -0.1) is 0 Å². The SMILES string of the molecule is C=CCc1ccc([O][Zr+2][O]c2ccc(CC=C)cc2)cc1.[Cl-].[Cl-]. The molecular weight excluding hydrogens is 410 g/mol. The van der Waals surface area contributed by atoms with E-state index in [0.717, 1.165) is 24.3 Å². The van der Waals surface area contributed by atoms with Crippen LogP contribution >= 0.6 is 0 Å². The van der Waals surface area contributed by atoms with E-state index < -0.39 is 24.1 Å². The van der Waals surface area contributed by atoms with Gasteiger partial charge in [0.2, 0.25) is 0 Å². The maximum absolute atomic E-state index is 5.73. The normalized spacial score (nSPS) is 8.70. The monoisotopic (exact) mass is 426 g/mol. The Morgan fingerprint density at radius 1 is 0.696 bits per heavy atom. The van der Waals surface area contributed by atoms with Crippen molar-refractivity contribution < 1.29 is 54.6 Å². The van der Waals surface area contributed by atoms with Crippen molar-refractivity contribution in [1.82, 2.24) is 0 Å². The molecule has 0 spiro atoms. The molecule has 0 aliphatic carbocycles. The van der Waals surface area contributed by atoms with Crippen molar-refractivity contribution in [1.29, 1.82) is 0 Å². The van der Waals surface area contributed by atoms with E-state index in [2.05, 4.69) is 37.4 Å². The van der Waals surface area contributed by atoms with Crippen LogP contribution in [-0.2, 0) is 37.0 Å². The fourth-order valence-electron chi connectivity index (χ4n) is 1.84. The van der Waals surface area contributed by atoms with Crippen LogP contribution in [0.25, 0.3) is 0 Å². The number of halogens is 2. The molecule has 0 N–H and O–H groups in total. The molecule has 0 saturated heterocycles. The molecule has 0 heterocycles. The zero-order valence-electron chi connectivity index (χ0n) is 12.7. The molecule has 2 rings (SSSR count). The molecule has 120 valence electrons. The van der Waals surface area contributed by atoms with Crippen LogP contribution in [0.4, 0.5) is 0 Å². The van der Waals surface area contributed by atoms with Gasteiger partial charge >= 0.3 is 139 Å². The molecule has 0 radical (unpaired) electrons. The largest absolute Gasteiger partial charge is 1.00 e. The molecule has 0 aliphatic heterocycles. The minimum absolute atomic E-state index is 0. The quantitative estimate of drug-likeness (QED) is 0.478. The molecule has 0 saturated carbocycles. The first-order valence-electron chi connectivity index (χ1n) is 6.80. The Bertz CT molecular complexity index is 529. The van der Waals surface area contributed by atoms with Gasteiger partial charge in [-0.1, -0.05) is 0 Å². The average Bonchev–Trinajstić information content (AvgIpc) is 2.51. The van der Waals surface area contributed by atoms with Crippen LogP contribution in [0.1, 0.15) is 11.1 Å². The first-order chi connectivity index (χ1) is 10.3. The molecule has 5 heteroatoms. The zero-order valence-corrected chi connectivity index (χ0v) is 16.6. The summed E-state index contributed by atoms with van der Waals surface area (Å²) in [5.74, 6) is 1.75. The van der Waals surface area contributed by atoms with Crippen LogP contribution in [0.3, 0.4) is 0 Å². The van der Waals surface area contributed by atoms with Gasteiger partial charge in [-0.3, -0.25) is 0 Å². The number of hydrogen-bond acceptors (Lipinski definition) is 2. The van der Waals surface area contributed by atoms with Gasteiger partial charge in [0.05, 0.1) is 0 Å². The topological polar surface area (TPSA) is 18.5 Å². The Balaban J connectivity index is 0.00000242. The Kier molecular flexibility index (Phi) is 11.9. The van der Waals surface area contributed by atoms with E-state index in [1.165, 1.54) is 11.1 Å². The van der Waals surface area contributed by atoms with Crippen LogP contribution in [0.15, 0.2) is 73.8 Å². The van der Waals surface area contributed by atoms with E-state index in [1.54, 1.807) is 0 Å². The summed E-state index contributed by atoms with van der Waals surface area (Å²) in [6.07, 6.45) is 5.55. The Morgan fingerprint density at radius 3 is 1.35 bits per heavy atom. The Labute approximate surface area is 163 Å². The van der Waals surface area contributed by atoms with Crippen LogP contribution in [0.5, 0.6) is 11.5 Å². The summed E-state index contributed by atoms with van der Waals surface area (Å²) in [6.45, 7) is 7.46. The third-order valence-corrected chi connectivity index (χ3v) is 4.49. The first kappa shape index (κ1) is 22.0. The number of hydrogen-bond donors (Lipinski definition) is 0. The molecule has 2 aromatic rings. The van der Waals surface area contributed by atoms with Crippen molar-refractivity contribution in [2.24, 2.45) is 0 Å². The smallest absolute Gasteiger partial charge is 1.00 e. The van der Waals surface area contributed by atoms with Crippen LogP contribution < -0.4 is 30.4 Å². The molecular formula is C18H18Cl2O2Zr. The third-order valence-electron chi connectivity index (χ3n) is 2.93. The second kappa shape index (κ2) is 12.4. The Morgan fingerprint density at radius 2 is 1.04 bits per heavy atom. The van der Waals surface area contributed by atoms with Gasteiger partial charge in [0.25, 0.3) is 0 Å². The summed E-state index contributed by atoms with van der Waals surface area (Å²) in [5, 5.41) is 0. The first-order valence-corrected chi connectivity index (χ1v) is 8.81. The molecule has 2 aromatic carbocycles. The summed E-state index contributed by atoms with van der Waals surface area (Å²) < 4.78 is 11.5. The molecule has 0 unspecified atom stereocenters. The van der Waals surface area contributed by atoms with Gasteiger partial charge in [0.15, 0.2) is 0 Å². The van der Waals surface area contributed by atoms with Crippen molar-refractivity contribution in [2.75, 3.05) is 0 Å². The van der Waals surface area contributed by atoms with Crippen molar-refractivity contribution in [3.05, 3.63) is 85.0 Å². The standard InChI is InChI=1S/2C9H10O.2ClH.Zr/c2*1-2-3-8-4-6-9(10)7-5-8;;;/h2*2,4-7,10H,1,3H2;2*1H;/q;;;;+4/p-4. The fourth-order valence-corrected chi connectivity index (χ4v) is 3.08. The fraction of sp³-hybridized carbons (Fsp3) is 0.111. The van der Waals surface area contributed by atoms with Crippen molar-refractivity contribution in [3.8, 4) is 11.5 Å². The van der Waals surface area contributed by atoms with Crippen molar-refractivity contribution in [3.63, 3.8) is 0 Å². The van der Waals surface area contributed by atoms with Crippen LogP contribution in [0, 0.1) is 0 Å². The predicted molar refractivity (Wildman–Crippen MR) is 81.9 cm³/mol. The number of benzene rings is 2. The molecule has 0 atom stereocenters. The van der Waals surface area contributed by atoms with E-state index in [4.69, 9.17) is 5.63 Å². The number of allylic oxidation sites excluding steroid dienone is 2. The average molecular weight is 428 g/mol. The van der Waals surface area contributed by atoms with Gasteiger partial charge in [-0.2, -0.15) is 0 Å². The number of rotatable bonds is 8. The van der Waals surface area contributed by atoms with E-state index in [9.17, 15) is 0 Å². The maximum atomic E-state index is 5.73. The molecule has 0 aliphatic rings. The minimum atomic E-state index is -1.36. The van der Waals surface area contributed by atoms with E-state index in [0.29, 0.717) is 0 Å². The maximum Gasteiger partial charge on any atom is -1.00 e. The second-order valence-corrected chi connectivity index (χ2v) is 5.97. The van der Waals surface area contributed by atoms with Crippen LogP contribution in [0.2, 0.25) is 0 Å². The molecule has 2 nitrogen and oxygen atoms in total.